The van der Waals surface area contributed by atoms with Gasteiger partial charge >= 0.3 is 6.09 Å². The summed E-state index contributed by atoms with van der Waals surface area (Å²) in [5.41, 5.74) is 5.41. The Morgan fingerprint density at radius 3 is 2.95 bits per heavy atom. The van der Waals surface area contributed by atoms with Crippen LogP contribution in [0.3, 0.4) is 0 Å². The number of aryl methyl sites for hydroxylation is 1. The van der Waals surface area contributed by atoms with Crippen LogP contribution in [0.1, 0.15) is 21.7 Å². The van der Waals surface area contributed by atoms with Crippen LogP contribution in [0.15, 0.2) is 29.8 Å². The Morgan fingerprint density at radius 2 is 2.19 bits per heavy atom. The van der Waals surface area contributed by atoms with Gasteiger partial charge in [0.2, 0.25) is 0 Å². The first kappa shape index (κ1) is 14.1. The number of nitrogens with zero attached hydrogens (tertiary/aromatic N) is 2. The third-order valence-corrected chi connectivity index (χ3v) is 4.78. The molecule has 0 saturated carbocycles. The monoisotopic (exact) mass is 302 g/mol. The van der Waals surface area contributed by atoms with Crippen LogP contribution in [0.25, 0.3) is 0 Å². The lowest BCUT2D eigenvalue weighted by atomic mass is 10.0. The summed E-state index contributed by atoms with van der Waals surface area (Å²) in [6.45, 7) is 3.78. The zero-order chi connectivity index (χ0) is 14.7. The highest BCUT2D eigenvalue weighted by atomic mass is 32.1. The van der Waals surface area contributed by atoms with Gasteiger partial charge in [-0.05, 0) is 24.5 Å². The van der Waals surface area contributed by atoms with Gasteiger partial charge in [-0.15, -0.1) is 11.3 Å². The quantitative estimate of drug-likeness (QED) is 0.874. The number of aromatic nitrogens is 1. The largest absolute Gasteiger partial charge is 0.449 e. The van der Waals surface area contributed by atoms with E-state index in [4.69, 9.17) is 4.74 Å². The van der Waals surface area contributed by atoms with E-state index in [-0.39, 0.29) is 6.09 Å². The Morgan fingerprint density at radius 1 is 1.38 bits per heavy atom. The highest BCUT2D eigenvalue weighted by Gasteiger charge is 2.21. The van der Waals surface area contributed by atoms with Gasteiger partial charge in [0.25, 0.3) is 0 Å². The highest BCUT2D eigenvalue weighted by Crippen LogP contribution is 2.19. The molecule has 0 spiro atoms. The van der Waals surface area contributed by atoms with Crippen LogP contribution in [-0.2, 0) is 24.1 Å². The summed E-state index contributed by atoms with van der Waals surface area (Å²) in [5.74, 6) is 0. The average molecular weight is 302 g/mol. The summed E-state index contributed by atoms with van der Waals surface area (Å²) < 4.78 is 5.39. The van der Waals surface area contributed by atoms with E-state index >= 15 is 0 Å². The molecule has 0 unspecified atom stereocenters. The minimum atomic E-state index is -0.216. The van der Waals surface area contributed by atoms with Crippen molar-refractivity contribution in [2.24, 2.45) is 0 Å². The lowest BCUT2D eigenvalue weighted by Gasteiger charge is -2.28. The fourth-order valence-electron chi connectivity index (χ4n) is 2.54. The van der Waals surface area contributed by atoms with Crippen LogP contribution in [0.4, 0.5) is 4.79 Å². The molecule has 0 fully saturated rings. The second kappa shape index (κ2) is 6.26. The molecule has 3 rings (SSSR count). The van der Waals surface area contributed by atoms with Gasteiger partial charge in [0, 0.05) is 24.4 Å². The number of hydrogen-bond acceptors (Lipinski definition) is 4. The molecule has 1 amide bonds. The Balaban J connectivity index is 1.52. The molecule has 0 radical (unpaired) electrons. The van der Waals surface area contributed by atoms with Gasteiger partial charge in [0.1, 0.15) is 0 Å². The van der Waals surface area contributed by atoms with Crippen LogP contribution in [0.5, 0.6) is 0 Å². The first-order chi connectivity index (χ1) is 10.2. The maximum Gasteiger partial charge on any atom is 0.410 e. The molecule has 1 aromatic carbocycles. The minimum Gasteiger partial charge on any atom is -0.449 e. The second-order valence-corrected chi connectivity index (χ2v) is 6.10. The number of amides is 1. The van der Waals surface area contributed by atoms with Gasteiger partial charge in [0.15, 0.2) is 0 Å². The first-order valence-corrected chi connectivity index (χ1v) is 7.99. The van der Waals surface area contributed by atoms with Gasteiger partial charge in [0.05, 0.1) is 17.8 Å². The van der Waals surface area contributed by atoms with Gasteiger partial charge < -0.3 is 9.64 Å². The normalized spacial score (nSPS) is 13.9. The van der Waals surface area contributed by atoms with Gasteiger partial charge in [-0.25, -0.2) is 9.78 Å². The van der Waals surface area contributed by atoms with Crippen LogP contribution < -0.4 is 0 Å². The first-order valence-electron chi connectivity index (χ1n) is 7.11. The maximum absolute atomic E-state index is 12.1. The third kappa shape index (κ3) is 3.24. The number of fused-ring (bicyclic) bond motifs is 1. The van der Waals surface area contributed by atoms with Crippen molar-refractivity contribution in [3.63, 3.8) is 0 Å². The molecule has 4 nitrogen and oxygen atoms in total. The van der Waals surface area contributed by atoms with Gasteiger partial charge in [-0.2, -0.15) is 0 Å². The fourth-order valence-corrected chi connectivity index (χ4v) is 3.30. The molecule has 0 saturated heterocycles. The number of hydrogen-bond donors (Lipinski definition) is 0. The summed E-state index contributed by atoms with van der Waals surface area (Å²) in [6.07, 6.45) is 1.43. The van der Waals surface area contributed by atoms with E-state index < -0.39 is 0 Å². The number of ether oxygens (including phenoxy) is 1. The Bertz CT molecular complexity index is 639. The zero-order valence-electron chi connectivity index (χ0n) is 12.0. The van der Waals surface area contributed by atoms with Crippen molar-refractivity contribution in [1.82, 2.24) is 9.88 Å². The second-order valence-electron chi connectivity index (χ2n) is 5.17. The Kier molecular flexibility index (Phi) is 4.20. The molecule has 110 valence electrons. The number of carbonyl (C=O) groups is 1. The zero-order valence-corrected chi connectivity index (χ0v) is 12.9. The maximum atomic E-state index is 12.1. The molecule has 2 aromatic rings. The summed E-state index contributed by atoms with van der Waals surface area (Å²) >= 11 is 1.61. The van der Waals surface area contributed by atoms with Crippen molar-refractivity contribution in [2.75, 3.05) is 13.2 Å². The number of carbonyl (C=O) groups excluding carboxylic acids is 1. The highest BCUT2D eigenvalue weighted by molar-refractivity contribution is 7.09. The number of thiazole rings is 1. The molecule has 1 aliphatic heterocycles. The molecular formula is C16H18N2O2S. The Hall–Kier alpha value is -1.88. The summed E-state index contributed by atoms with van der Waals surface area (Å²) in [5, 5.41) is 0. The van der Waals surface area contributed by atoms with E-state index in [1.807, 2.05) is 24.6 Å². The van der Waals surface area contributed by atoms with Crippen LogP contribution in [0, 0.1) is 6.92 Å². The van der Waals surface area contributed by atoms with Crippen molar-refractivity contribution < 1.29 is 9.53 Å². The van der Waals surface area contributed by atoms with Crippen LogP contribution >= 0.6 is 11.3 Å². The fraction of sp³-hybridized carbons (Fsp3) is 0.375. The smallest absolute Gasteiger partial charge is 0.410 e. The lowest BCUT2D eigenvalue weighted by molar-refractivity contribution is 0.0989. The lowest BCUT2D eigenvalue weighted by Crippen LogP contribution is -2.36. The Labute approximate surface area is 128 Å². The molecular weight excluding hydrogens is 284 g/mol. The predicted molar refractivity (Wildman–Crippen MR) is 82.5 cm³/mol. The van der Waals surface area contributed by atoms with Crippen LogP contribution in [0.2, 0.25) is 0 Å². The molecule has 0 N–H and O–H groups in total. The molecule has 0 aliphatic carbocycles. The van der Waals surface area contributed by atoms with E-state index in [2.05, 4.69) is 17.1 Å². The van der Waals surface area contributed by atoms with Crippen molar-refractivity contribution in [1.29, 1.82) is 0 Å². The molecule has 0 bridgehead atoms. The van der Waals surface area contributed by atoms with Crippen molar-refractivity contribution >= 4 is 17.4 Å². The topological polar surface area (TPSA) is 42.4 Å². The van der Waals surface area contributed by atoms with E-state index in [9.17, 15) is 4.79 Å². The van der Waals surface area contributed by atoms with E-state index in [0.717, 1.165) is 25.1 Å². The van der Waals surface area contributed by atoms with Crippen molar-refractivity contribution in [2.45, 2.75) is 26.3 Å². The standard InChI is InChI=1S/C16H18N2O2S/c1-12-15(21-11-17-12)7-9-20-16(19)18-8-6-13-4-2-3-5-14(13)10-18/h2-5,11H,6-10H2,1H3. The van der Waals surface area contributed by atoms with Gasteiger partial charge in [-0.1, -0.05) is 24.3 Å². The summed E-state index contributed by atoms with van der Waals surface area (Å²) in [4.78, 5) is 19.3. The summed E-state index contributed by atoms with van der Waals surface area (Å²) in [6, 6.07) is 8.27. The molecule has 5 heteroatoms. The molecule has 1 aromatic heterocycles. The third-order valence-electron chi connectivity index (χ3n) is 3.79. The van der Waals surface area contributed by atoms with Crippen molar-refractivity contribution in [3.05, 3.63) is 51.5 Å². The van der Waals surface area contributed by atoms with E-state index in [0.29, 0.717) is 13.2 Å². The van der Waals surface area contributed by atoms with E-state index in [1.165, 1.54) is 16.0 Å². The van der Waals surface area contributed by atoms with Crippen molar-refractivity contribution in [3.8, 4) is 0 Å². The summed E-state index contributed by atoms with van der Waals surface area (Å²) in [7, 11) is 0. The SMILES string of the molecule is Cc1ncsc1CCOC(=O)N1CCc2ccccc2C1. The van der Waals surface area contributed by atoms with Gasteiger partial charge in [-0.3, -0.25) is 0 Å². The molecule has 1 aliphatic rings. The van der Waals surface area contributed by atoms with E-state index in [1.54, 1.807) is 16.2 Å². The molecule has 21 heavy (non-hydrogen) atoms. The minimum absolute atomic E-state index is 0.216. The number of rotatable bonds is 3. The predicted octanol–water partition coefficient (Wildman–Crippen LogP) is 3.19. The number of benzene rings is 1. The molecule has 0 atom stereocenters. The van der Waals surface area contributed by atoms with Crippen LogP contribution in [-0.4, -0.2) is 29.1 Å². The molecule has 2 heterocycles. The average Bonchev–Trinajstić information content (AvgIpc) is 2.92.